The zero-order chi connectivity index (χ0) is 20.7. The van der Waals surface area contributed by atoms with Crippen LogP contribution in [0.5, 0.6) is 0 Å². The maximum absolute atomic E-state index is 5.32. The molecule has 0 bridgehead atoms. The fourth-order valence-electron chi connectivity index (χ4n) is 4.09. The summed E-state index contributed by atoms with van der Waals surface area (Å²) in [5.74, 6) is 1.21. The molecule has 1 rings (SSSR count). The summed E-state index contributed by atoms with van der Waals surface area (Å²) in [6.45, 7) is 21.2. The molecular formula is C25H48N2. The van der Waals surface area contributed by atoms with E-state index in [0.717, 1.165) is 12.8 Å². The van der Waals surface area contributed by atoms with Crippen LogP contribution in [-0.2, 0) is 16.2 Å². The highest BCUT2D eigenvalue weighted by Gasteiger charge is 2.37. The molecule has 0 amide bonds. The van der Waals surface area contributed by atoms with E-state index in [1.165, 1.54) is 68.6 Å². The van der Waals surface area contributed by atoms with Crippen LogP contribution in [0.3, 0.4) is 0 Å². The number of rotatable bonds is 13. The fourth-order valence-corrected chi connectivity index (χ4v) is 4.09. The zero-order valence-corrected chi connectivity index (χ0v) is 20.0. The Labute approximate surface area is 170 Å². The monoisotopic (exact) mass is 376 g/mol. The van der Waals surface area contributed by atoms with Crippen molar-refractivity contribution in [2.24, 2.45) is 0 Å². The number of nitrogens with one attached hydrogen (secondary N) is 1. The quantitative estimate of drug-likeness (QED) is 0.345. The van der Waals surface area contributed by atoms with Crippen LogP contribution in [0.2, 0.25) is 0 Å². The second-order valence-corrected chi connectivity index (χ2v) is 10.3. The van der Waals surface area contributed by atoms with Crippen LogP contribution < -0.4 is 0 Å². The number of unbranched alkanes of at least 4 members (excludes halogenated alkanes) is 4. The molecule has 1 N–H and O–H groups in total. The molecule has 0 unspecified atom stereocenters. The molecular weight excluding hydrogens is 328 g/mol. The number of hydrogen-bond acceptors (Lipinski definition) is 1. The van der Waals surface area contributed by atoms with Crippen LogP contribution in [0.15, 0.2) is 0 Å². The Hall–Kier alpha value is -0.790. The molecule has 158 valence electrons. The Morgan fingerprint density at radius 2 is 1.19 bits per heavy atom. The SMILES string of the molecule is CCCCCC(C)(C)c1nc(C(C)(C)CCCCC)c(C(C)(CC)CC)[nH]1. The largest absolute Gasteiger partial charge is 0.345 e. The number of hydrogen-bond donors (Lipinski definition) is 1. The van der Waals surface area contributed by atoms with Crippen LogP contribution in [-0.4, -0.2) is 9.97 Å². The summed E-state index contributed by atoms with van der Waals surface area (Å²) in [5, 5.41) is 0. The van der Waals surface area contributed by atoms with Crippen LogP contribution in [0.4, 0.5) is 0 Å². The summed E-state index contributed by atoms with van der Waals surface area (Å²) in [5.41, 5.74) is 3.17. The zero-order valence-electron chi connectivity index (χ0n) is 20.0. The molecule has 0 aliphatic rings. The summed E-state index contributed by atoms with van der Waals surface area (Å²) < 4.78 is 0. The van der Waals surface area contributed by atoms with Gasteiger partial charge >= 0.3 is 0 Å². The summed E-state index contributed by atoms with van der Waals surface area (Å²) in [4.78, 5) is 9.19. The molecule has 0 radical (unpaired) electrons. The van der Waals surface area contributed by atoms with Gasteiger partial charge in [-0.2, -0.15) is 0 Å². The third kappa shape index (κ3) is 6.09. The lowest BCUT2D eigenvalue weighted by atomic mass is 9.74. The first-order valence-electron chi connectivity index (χ1n) is 11.7. The number of imidazole rings is 1. The van der Waals surface area contributed by atoms with E-state index in [0.29, 0.717) is 0 Å². The van der Waals surface area contributed by atoms with Gasteiger partial charge in [-0.3, -0.25) is 0 Å². The Kier molecular flexibility index (Phi) is 9.09. The second kappa shape index (κ2) is 10.1. The van der Waals surface area contributed by atoms with Gasteiger partial charge < -0.3 is 4.98 Å². The van der Waals surface area contributed by atoms with Gasteiger partial charge in [0.2, 0.25) is 0 Å². The van der Waals surface area contributed by atoms with Crippen molar-refractivity contribution in [2.75, 3.05) is 0 Å². The fraction of sp³-hybridized carbons (Fsp3) is 0.880. The van der Waals surface area contributed by atoms with Crippen molar-refractivity contribution >= 4 is 0 Å². The summed E-state index contributed by atoms with van der Waals surface area (Å²) >= 11 is 0. The standard InChI is InChI=1S/C25H48N2/c1-10-14-16-18-23(5,6)20-21(25(9,12-3)13-4)27-22(26-20)24(7,8)19-17-15-11-2/h10-19H2,1-9H3,(H,26,27). The summed E-state index contributed by atoms with van der Waals surface area (Å²) in [6.07, 6.45) is 12.5. The van der Waals surface area contributed by atoms with Gasteiger partial charge in [0, 0.05) is 21.9 Å². The lowest BCUT2D eigenvalue weighted by Crippen LogP contribution is -2.28. The van der Waals surface area contributed by atoms with E-state index in [2.05, 4.69) is 67.3 Å². The molecule has 0 aliphatic heterocycles. The summed E-state index contributed by atoms with van der Waals surface area (Å²) in [7, 11) is 0. The Balaban J connectivity index is 3.32. The average molecular weight is 377 g/mol. The predicted octanol–water partition coefficient (Wildman–Crippen LogP) is 8.20. The van der Waals surface area contributed by atoms with E-state index in [1.807, 2.05) is 0 Å². The lowest BCUT2D eigenvalue weighted by Gasteiger charge is -2.32. The molecule has 0 aliphatic carbocycles. The number of aromatic amines is 1. The van der Waals surface area contributed by atoms with Gasteiger partial charge in [-0.25, -0.2) is 4.98 Å². The normalized spacial score (nSPS) is 13.4. The minimum atomic E-state index is 0.115. The van der Waals surface area contributed by atoms with Crippen molar-refractivity contribution in [2.45, 2.75) is 143 Å². The van der Waals surface area contributed by atoms with Crippen molar-refractivity contribution in [3.63, 3.8) is 0 Å². The van der Waals surface area contributed by atoms with Gasteiger partial charge in [0.25, 0.3) is 0 Å². The molecule has 1 aromatic heterocycles. The topological polar surface area (TPSA) is 28.7 Å². The minimum absolute atomic E-state index is 0.115. The van der Waals surface area contributed by atoms with E-state index in [4.69, 9.17) is 4.98 Å². The van der Waals surface area contributed by atoms with E-state index in [9.17, 15) is 0 Å². The number of H-pyrrole nitrogens is 1. The first-order chi connectivity index (χ1) is 12.6. The van der Waals surface area contributed by atoms with E-state index >= 15 is 0 Å². The molecule has 2 nitrogen and oxygen atoms in total. The van der Waals surface area contributed by atoms with Gasteiger partial charge in [-0.15, -0.1) is 0 Å². The number of aromatic nitrogens is 2. The van der Waals surface area contributed by atoms with E-state index < -0.39 is 0 Å². The maximum atomic E-state index is 5.32. The van der Waals surface area contributed by atoms with Gasteiger partial charge in [0.15, 0.2) is 0 Å². The molecule has 2 heteroatoms. The second-order valence-electron chi connectivity index (χ2n) is 10.3. The summed E-state index contributed by atoms with van der Waals surface area (Å²) in [6, 6.07) is 0. The molecule has 0 spiro atoms. The van der Waals surface area contributed by atoms with Gasteiger partial charge in [0.1, 0.15) is 5.82 Å². The van der Waals surface area contributed by atoms with E-state index in [1.54, 1.807) is 0 Å². The Morgan fingerprint density at radius 3 is 1.63 bits per heavy atom. The smallest absolute Gasteiger partial charge is 0.112 e. The van der Waals surface area contributed by atoms with Crippen molar-refractivity contribution in [3.8, 4) is 0 Å². The van der Waals surface area contributed by atoms with Gasteiger partial charge in [-0.1, -0.05) is 101 Å². The van der Waals surface area contributed by atoms with E-state index in [-0.39, 0.29) is 16.2 Å². The van der Waals surface area contributed by atoms with Crippen LogP contribution in [0.1, 0.15) is 144 Å². The molecule has 27 heavy (non-hydrogen) atoms. The molecule has 0 aromatic carbocycles. The first-order valence-corrected chi connectivity index (χ1v) is 11.7. The first kappa shape index (κ1) is 24.2. The molecule has 0 atom stereocenters. The Bertz CT molecular complexity index is 547. The molecule has 0 fully saturated rings. The maximum Gasteiger partial charge on any atom is 0.112 e. The minimum Gasteiger partial charge on any atom is -0.345 e. The third-order valence-corrected chi connectivity index (χ3v) is 6.96. The van der Waals surface area contributed by atoms with Crippen molar-refractivity contribution < 1.29 is 0 Å². The molecule has 1 heterocycles. The highest BCUT2D eigenvalue weighted by molar-refractivity contribution is 5.31. The highest BCUT2D eigenvalue weighted by Crippen LogP contribution is 2.41. The molecule has 1 aromatic rings. The molecule has 0 saturated heterocycles. The van der Waals surface area contributed by atoms with Crippen LogP contribution in [0, 0.1) is 0 Å². The van der Waals surface area contributed by atoms with Crippen molar-refractivity contribution in [1.82, 2.24) is 9.97 Å². The van der Waals surface area contributed by atoms with Crippen LogP contribution >= 0.6 is 0 Å². The Morgan fingerprint density at radius 1 is 0.704 bits per heavy atom. The van der Waals surface area contributed by atoms with Gasteiger partial charge in [0.05, 0.1) is 5.69 Å². The highest BCUT2D eigenvalue weighted by atomic mass is 15.0. The lowest BCUT2D eigenvalue weighted by molar-refractivity contribution is 0.389. The average Bonchev–Trinajstić information content (AvgIpc) is 3.09. The van der Waals surface area contributed by atoms with Crippen LogP contribution in [0.25, 0.3) is 0 Å². The molecule has 0 saturated carbocycles. The number of nitrogens with zero attached hydrogens (tertiary/aromatic N) is 1. The van der Waals surface area contributed by atoms with Crippen molar-refractivity contribution in [3.05, 3.63) is 17.2 Å². The third-order valence-electron chi connectivity index (χ3n) is 6.96. The van der Waals surface area contributed by atoms with Gasteiger partial charge in [-0.05, 0) is 25.7 Å². The predicted molar refractivity (Wildman–Crippen MR) is 121 cm³/mol. The van der Waals surface area contributed by atoms with Crippen molar-refractivity contribution in [1.29, 1.82) is 0 Å².